The Balaban J connectivity index is 1.82. The van der Waals surface area contributed by atoms with Crippen molar-refractivity contribution in [1.29, 1.82) is 0 Å². The van der Waals surface area contributed by atoms with Crippen LogP contribution in [0.3, 0.4) is 0 Å². The van der Waals surface area contributed by atoms with Crippen molar-refractivity contribution < 1.29 is 18.8 Å². The number of nitrogens with one attached hydrogen (secondary N) is 2. The zero-order valence-electron chi connectivity index (χ0n) is 11.0. The summed E-state index contributed by atoms with van der Waals surface area (Å²) >= 11 is 0. The minimum atomic E-state index is -1.07. The Morgan fingerprint density at radius 2 is 2.14 bits per heavy atom. The molecular weight excluding hydrogens is 279 g/mol. The van der Waals surface area contributed by atoms with Gasteiger partial charge in [-0.25, -0.2) is 9.18 Å². The highest BCUT2D eigenvalue weighted by Gasteiger charge is 2.51. The molecule has 0 aliphatic carbocycles. The molecule has 0 aromatic heterocycles. The number of urea groups is 1. The van der Waals surface area contributed by atoms with E-state index in [0.717, 1.165) is 12.1 Å². The zero-order chi connectivity index (χ0) is 15.2. The zero-order valence-corrected chi connectivity index (χ0v) is 11.0. The van der Waals surface area contributed by atoms with Gasteiger partial charge in [-0.1, -0.05) is 0 Å². The highest BCUT2D eigenvalue weighted by molar-refractivity contribution is 6.08. The van der Waals surface area contributed by atoms with E-state index in [0.29, 0.717) is 13.0 Å². The van der Waals surface area contributed by atoms with Crippen LogP contribution in [0.5, 0.6) is 0 Å². The van der Waals surface area contributed by atoms with Gasteiger partial charge in [-0.15, -0.1) is 0 Å². The number of benzene rings is 1. The number of anilines is 1. The van der Waals surface area contributed by atoms with Crippen molar-refractivity contribution in [2.75, 3.05) is 18.8 Å². The number of imide groups is 1. The van der Waals surface area contributed by atoms with Gasteiger partial charge >= 0.3 is 6.03 Å². The van der Waals surface area contributed by atoms with Crippen molar-refractivity contribution in [2.45, 2.75) is 12.0 Å². The number of halogens is 1. The molecule has 1 spiro atoms. The molecular formula is C13H13FN4O3. The number of nitrogens with two attached hydrogens (primary N) is 1. The molecule has 110 valence electrons. The molecule has 21 heavy (non-hydrogen) atoms. The van der Waals surface area contributed by atoms with Crippen LogP contribution >= 0.6 is 0 Å². The third-order valence-corrected chi connectivity index (χ3v) is 3.82. The summed E-state index contributed by atoms with van der Waals surface area (Å²) in [6.07, 6.45) is 0.331. The van der Waals surface area contributed by atoms with Crippen LogP contribution in [0.25, 0.3) is 0 Å². The predicted molar refractivity (Wildman–Crippen MR) is 70.7 cm³/mol. The predicted octanol–water partition coefficient (Wildman–Crippen LogP) is -0.168. The van der Waals surface area contributed by atoms with E-state index in [1.165, 1.54) is 11.0 Å². The van der Waals surface area contributed by atoms with Crippen molar-refractivity contribution >= 4 is 23.5 Å². The first-order chi connectivity index (χ1) is 9.91. The van der Waals surface area contributed by atoms with Crippen LogP contribution in [-0.2, 0) is 4.79 Å². The van der Waals surface area contributed by atoms with Gasteiger partial charge in [0.1, 0.15) is 11.4 Å². The number of hydrogen-bond donors (Lipinski definition) is 3. The maximum Gasteiger partial charge on any atom is 0.322 e. The molecule has 8 heteroatoms. The summed E-state index contributed by atoms with van der Waals surface area (Å²) in [5.41, 5.74) is 4.80. The molecule has 1 unspecified atom stereocenters. The second-order valence-electron chi connectivity index (χ2n) is 5.20. The van der Waals surface area contributed by atoms with E-state index in [1.807, 2.05) is 0 Å². The van der Waals surface area contributed by atoms with Crippen LogP contribution in [0.1, 0.15) is 16.8 Å². The molecule has 7 nitrogen and oxygen atoms in total. The van der Waals surface area contributed by atoms with E-state index in [4.69, 9.17) is 5.73 Å². The lowest BCUT2D eigenvalue weighted by molar-refractivity contribution is -0.123. The molecule has 0 saturated carbocycles. The maximum absolute atomic E-state index is 13.0. The summed E-state index contributed by atoms with van der Waals surface area (Å²) in [5.74, 6) is -1.35. The van der Waals surface area contributed by atoms with Crippen molar-refractivity contribution in [3.63, 3.8) is 0 Å². The summed E-state index contributed by atoms with van der Waals surface area (Å²) in [6.45, 7) is 0.379. The molecule has 1 atom stereocenters. The number of nitrogen functional groups attached to an aromatic ring is 1. The molecule has 3 rings (SSSR count). The van der Waals surface area contributed by atoms with Gasteiger partial charge in [0.25, 0.3) is 11.8 Å². The normalized spacial score (nSPS) is 24.3. The van der Waals surface area contributed by atoms with E-state index >= 15 is 0 Å². The van der Waals surface area contributed by atoms with Crippen LogP contribution < -0.4 is 16.4 Å². The van der Waals surface area contributed by atoms with E-state index in [-0.39, 0.29) is 17.8 Å². The maximum atomic E-state index is 13.0. The Kier molecular flexibility index (Phi) is 2.82. The molecule has 2 saturated heterocycles. The standard InChI is InChI=1S/C13H13FN4O3/c14-7-1-2-8(9(15)5-7)10(19)18-4-3-13(6-18)11(20)16-12(21)17-13/h1-2,5H,3-4,6,15H2,(H2,16,17,20,21). The van der Waals surface area contributed by atoms with Crippen molar-refractivity contribution in [3.05, 3.63) is 29.6 Å². The molecule has 0 bridgehead atoms. The average Bonchev–Trinajstić information content (AvgIpc) is 2.94. The quantitative estimate of drug-likeness (QED) is 0.494. The Hall–Kier alpha value is -2.64. The molecule has 4 amide bonds. The Morgan fingerprint density at radius 1 is 1.38 bits per heavy atom. The number of nitrogens with zero attached hydrogens (tertiary/aromatic N) is 1. The summed E-state index contributed by atoms with van der Waals surface area (Å²) in [6, 6.07) is 2.98. The first-order valence-electron chi connectivity index (χ1n) is 6.39. The topological polar surface area (TPSA) is 105 Å². The molecule has 1 aromatic rings. The molecule has 4 N–H and O–H groups in total. The van der Waals surface area contributed by atoms with Gasteiger partial charge in [-0.2, -0.15) is 0 Å². The summed E-state index contributed by atoms with van der Waals surface area (Å²) < 4.78 is 13.0. The fourth-order valence-corrected chi connectivity index (χ4v) is 2.70. The first-order valence-corrected chi connectivity index (χ1v) is 6.39. The monoisotopic (exact) mass is 292 g/mol. The summed E-state index contributed by atoms with van der Waals surface area (Å²) in [5, 5.41) is 4.72. The van der Waals surface area contributed by atoms with Crippen LogP contribution in [0, 0.1) is 5.82 Å². The number of rotatable bonds is 1. The van der Waals surface area contributed by atoms with Gasteiger partial charge in [-0.3, -0.25) is 14.9 Å². The molecule has 2 fully saturated rings. The van der Waals surface area contributed by atoms with E-state index < -0.39 is 29.2 Å². The van der Waals surface area contributed by atoms with Crippen LogP contribution in [0.2, 0.25) is 0 Å². The minimum Gasteiger partial charge on any atom is -0.398 e. The number of hydrogen-bond acceptors (Lipinski definition) is 4. The smallest absolute Gasteiger partial charge is 0.322 e. The number of amides is 4. The average molecular weight is 292 g/mol. The molecule has 0 radical (unpaired) electrons. The Bertz CT molecular complexity index is 663. The van der Waals surface area contributed by atoms with Gasteiger partial charge in [0.2, 0.25) is 0 Å². The second kappa shape index (κ2) is 4.44. The summed E-state index contributed by atoms with van der Waals surface area (Å²) in [7, 11) is 0. The van der Waals surface area contributed by atoms with Gasteiger partial charge in [0.15, 0.2) is 0 Å². The van der Waals surface area contributed by atoms with Crippen LogP contribution in [0.15, 0.2) is 18.2 Å². The molecule has 2 aliphatic rings. The van der Waals surface area contributed by atoms with E-state index in [9.17, 15) is 18.8 Å². The van der Waals surface area contributed by atoms with Gasteiger partial charge < -0.3 is 16.0 Å². The summed E-state index contributed by atoms with van der Waals surface area (Å²) in [4.78, 5) is 36.9. The Morgan fingerprint density at radius 3 is 2.76 bits per heavy atom. The molecule has 2 heterocycles. The van der Waals surface area contributed by atoms with Crippen molar-refractivity contribution in [3.8, 4) is 0 Å². The highest BCUT2D eigenvalue weighted by Crippen LogP contribution is 2.27. The SMILES string of the molecule is Nc1cc(F)ccc1C(=O)N1CCC2(C1)NC(=O)NC2=O. The van der Waals surface area contributed by atoms with Crippen molar-refractivity contribution in [2.24, 2.45) is 0 Å². The second-order valence-corrected chi connectivity index (χ2v) is 5.20. The fourth-order valence-electron chi connectivity index (χ4n) is 2.70. The number of likely N-dealkylation sites (tertiary alicyclic amines) is 1. The fraction of sp³-hybridized carbons (Fsp3) is 0.308. The third-order valence-electron chi connectivity index (χ3n) is 3.82. The lowest BCUT2D eigenvalue weighted by Gasteiger charge is -2.21. The van der Waals surface area contributed by atoms with Gasteiger partial charge in [-0.05, 0) is 24.6 Å². The van der Waals surface area contributed by atoms with Gasteiger partial charge in [0.05, 0.1) is 12.1 Å². The molecule has 1 aromatic carbocycles. The van der Waals surface area contributed by atoms with E-state index in [2.05, 4.69) is 10.6 Å². The van der Waals surface area contributed by atoms with Crippen molar-refractivity contribution in [1.82, 2.24) is 15.5 Å². The minimum absolute atomic E-state index is 0.0425. The number of carbonyl (C=O) groups is 3. The lowest BCUT2D eigenvalue weighted by Crippen LogP contribution is -2.49. The lowest BCUT2D eigenvalue weighted by atomic mass is 9.99. The largest absolute Gasteiger partial charge is 0.398 e. The third kappa shape index (κ3) is 2.08. The van der Waals surface area contributed by atoms with E-state index in [1.54, 1.807) is 0 Å². The highest BCUT2D eigenvalue weighted by atomic mass is 19.1. The number of carbonyl (C=O) groups excluding carboxylic acids is 3. The molecule has 2 aliphatic heterocycles. The van der Waals surface area contributed by atoms with Gasteiger partial charge in [0, 0.05) is 12.2 Å². The Labute approximate surface area is 119 Å². The first kappa shape index (κ1) is 13.3. The van der Waals surface area contributed by atoms with Crippen LogP contribution in [-0.4, -0.2) is 41.4 Å². The van der Waals surface area contributed by atoms with Crippen LogP contribution in [0.4, 0.5) is 14.9 Å².